The van der Waals surface area contributed by atoms with Crippen LogP contribution in [0.1, 0.15) is 42.0 Å². The summed E-state index contributed by atoms with van der Waals surface area (Å²) in [4.78, 5) is 35.1. The molecule has 9 nitrogen and oxygen atoms in total. The normalized spacial score (nSPS) is 13.1. The molecule has 0 aliphatic carbocycles. The lowest BCUT2D eigenvalue weighted by Gasteiger charge is -2.31. The fraction of sp³-hybridized carbons (Fsp3) is 0.185. The van der Waals surface area contributed by atoms with Crippen LogP contribution < -0.4 is 5.76 Å². The summed E-state index contributed by atoms with van der Waals surface area (Å²) < 4.78 is 11.1. The number of aromatic carboxylic acids is 1. The lowest BCUT2D eigenvalue weighted by Crippen LogP contribution is -2.32. The van der Waals surface area contributed by atoms with E-state index in [0.717, 1.165) is 22.3 Å². The molecule has 0 aliphatic heterocycles. The molecular weight excluding hydrogens is 460 g/mol. The topological polar surface area (TPSA) is 134 Å². The van der Waals surface area contributed by atoms with E-state index in [9.17, 15) is 14.7 Å². The number of aromatic nitrogens is 4. The summed E-state index contributed by atoms with van der Waals surface area (Å²) >= 11 is 0. The molecule has 1 unspecified atom stereocenters. The molecule has 0 fully saturated rings. The van der Waals surface area contributed by atoms with Crippen LogP contribution in [0.3, 0.4) is 0 Å². The predicted octanol–water partition coefficient (Wildman–Crippen LogP) is 4.96. The molecule has 2 heterocycles. The Balaban J connectivity index is 1.60. The van der Waals surface area contributed by atoms with Gasteiger partial charge in [0.05, 0.1) is 11.1 Å². The maximum atomic E-state index is 11.7. The fourth-order valence-corrected chi connectivity index (χ4v) is 4.61. The van der Waals surface area contributed by atoms with Gasteiger partial charge in [0.2, 0.25) is 0 Å². The first-order valence-electron chi connectivity index (χ1n) is 11.6. The van der Waals surface area contributed by atoms with Gasteiger partial charge in [-0.2, -0.15) is 10.1 Å². The van der Waals surface area contributed by atoms with Crippen LogP contribution in [0.2, 0.25) is 0 Å². The number of aromatic amines is 2. The van der Waals surface area contributed by atoms with Crippen molar-refractivity contribution in [1.29, 1.82) is 0 Å². The summed E-state index contributed by atoms with van der Waals surface area (Å²) in [7, 11) is 0. The predicted molar refractivity (Wildman–Crippen MR) is 134 cm³/mol. The van der Waals surface area contributed by atoms with Gasteiger partial charge in [-0.25, -0.2) is 14.6 Å². The molecule has 0 radical (unpaired) electrons. The number of para-hydroxylation sites is 1. The second-order valence-electron chi connectivity index (χ2n) is 8.26. The van der Waals surface area contributed by atoms with E-state index in [4.69, 9.17) is 14.2 Å². The largest absolute Gasteiger partial charge is 0.478 e. The first kappa shape index (κ1) is 23.3. The van der Waals surface area contributed by atoms with Gasteiger partial charge >= 0.3 is 11.7 Å². The average molecular weight is 485 g/mol. The smallest absolute Gasteiger partial charge is 0.460 e. The summed E-state index contributed by atoms with van der Waals surface area (Å²) in [5, 5.41) is 12.2. The Kier molecular flexibility index (Phi) is 5.99. The van der Waals surface area contributed by atoms with Crippen LogP contribution in [0.25, 0.3) is 33.5 Å². The van der Waals surface area contributed by atoms with Crippen molar-refractivity contribution < 1.29 is 19.2 Å². The van der Waals surface area contributed by atoms with Crippen LogP contribution in [-0.4, -0.2) is 37.8 Å². The third-order valence-corrected chi connectivity index (χ3v) is 6.30. The zero-order valence-electron chi connectivity index (χ0n) is 19.7. The molecule has 0 saturated carbocycles. The molecule has 5 aromatic rings. The summed E-state index contributed by atoms with van der Waals surface area (Å²) in [6, 6.07) is 20.5. The first-order chi connectivity index (χ1) is 17.5. The molecule has 0 aliphatic rings. The Morgan fingerprint density at radius 1 is 1.00 bits per heavy atom. The summed E-state index contributed by atoms with van der Waals surface area (Å²) in [6.45, 7) is 4.35. The van der Waals surface area contributed by atoms with Crippen molar-refractivity contribution in [3.63, 3.8) is 0 Å². The number of imidazole rings is 1. The van der Waals surface area contributed by atoms with E-state index in [2.05, 4.69) is 15.1 Å². The Morgan fingerprint density at radius 3 is 2.39 bits per heavy atom. The number of ether oxygens (including phenoxy) is 1. The quantitative estimate of drug-likeness (QED) is 0.283. The van der Waals surface area contributed by atoms with Gasteiger partial charge in [0, 0.05) is 12.2 Å². The number of benzene rings is 3. The molecule has 0 amide bonds. The highest BCUT2D eigenvalue weighted by Crippen LogP contribution is 2.38. The lowest BCUT2D eigenvalue weighted by molar-refractivity contribution is -0.0199. The van der Waals surface area contributed by atoms with Crippen molar-refractivity contribution in [2.45, 2.75) is 25.9 Å². The van der Waals surface area contributed by atoms with Crippen molar-refractivity contribution in [2.75, 3.05) is 6.61 Å². The van der Waals surface area contributed by atoms with Gasteiger partial charge < -0.3 is 19.4 Å². The van der Waals surface area contributed by atoms with Crippen LogP contribution in [0.4, 0.5) is 0 Å². The van der Waals surface area contributed by atoms with E-state index in [1.54, 1.807) is 12.1 Å². The van der Waals surface area contributed by atoms with Gasteiger partial charge in [-0.05, 0) is 42.2 Å². The lowest BCUT2D eigenvalue weighted by atomic mass is 9.88. The molecule has 3 aromatic carbocycles. The molecule has 3 N–H and O–H groups in total. The third-order valence-electron chi connectivity index (χ3n) is 6.30. The second-order valence-corrected chi connectivity index (χ2v) is 8.26. The van der Waals surface area contributed by atoms with Crippen LogP contribution in [0, 0.1) is 0 Å². The number of H-pyrrole nitrogens is 2. The van der Waals surface area contributed by atoms with E-state index in [0.29, 0.717) is 35.7 Å². The molecule has 0 spiro atoms. The summed E-state index contributed by atoms with van der Waals surface area (Å²) in [6.07, 6.45) is 0.569. The number of carboxylic acid groups (broad SMARTS) is 1. The Labute approximate surface area is 205 Å². The third kappa shape index (κ3) is 3.89. The molecule has 5 rings (SSSR count). The van der Waals surface area contributed by atoms with Gasteiger partial charge in [-0.1, -0.05) is 61.5 Å². The molecule has 0 bridgehead atoms. The van der Waals surface area contributed by atoms with Gasteiger partial charge in [-0.3, -0.25) is 0 Å². The Bertz CT molecular complexity index is 1600. The molecule has 36 heavy (non-hydrogen) atoms. The van der Waals surface area contributed by atoms with Gasteiger partial charge in [0.1, 0.15) is 11.3 Å². The molecule has 2 aromatic heterocycles. The average Bonchev–Trinajstić information content (AvgIpc) is 3.54. The van der Waals surface area contributed by atoms with Gasteiger partial charge in [0.15, 0.2) is 11.4 Å². The molecule has 9 heteroatoms. The van der Waals surface area contributed by atoms with E-state index < -0.39 is 17.3 Å². The first-order valence-corrected chi connectivity index (χ1v) is 11.6. The summed E-state index contributed by atoms with van der Waals surface area (Å²) in [5.41, 5.74) is 3.66. The number of nitrogens with zero attached hydrogens (tertiary/aromatic N) is 2. The number of hydrogen-bond donors (Lipinski definition) is 3. The Morgan fingerprint density at radius 2 is 1.75 bits per heavy atom. The Hall–Kier alpha value is -4.50. The zero-order valence-corrected chi connectivity index (χ0v) is 19.7. The number of carboxylic acids is 1. The highest BCUT2D eigenvalue weighted by molar-refractivity contribution is 6.01. The van der Waals surface area contributed by atoms with Gasteiger partial charge in [-0.15, -0.1) is 0 Å². The highest BCUT2D eigenvalue weighted by atomic mass is 16.5. The molecule has 1 atom stereocenters. The van der Waals surface area contributed by atoms with E-state index in [1.165, 1.54) is 6.07 Å². The number of nitrogens with one attached hydrogen (secondary N) is 2. The maximum absolute atomic E-state index is 11.7. The van der Waals surface area contributed by atoms with Crippen LogP contribution in [0.5, 0.6) is 0 Å². The molecule has 182 valence electrons. The minimum absolute atomic E-state index is 0.134. The van der Waals surface area contributed by atoms with E-state index in [1.807, 2.05) is 62.4 Å². The van der Waals surface area contributed by atoms with Crippen molar-refractivity contribution in [2.24, 2.45) is 0 Å². The van der Waals surface area contributed by atoms with E-state index >= 15 is 0 Å². The maximum Gasteiger partial charge on any atom is 0.460 e. The monoisotopic (exact) mass is 484 g/mol. The van der Waals surface area contributed by atoms with E-state index in [-0.39, 0.29) is 5.56 Å². The SMILES string of the molecule is CCOC(CC)(c1ccc(-c2ccccc2-c2nc(=O)o[nH]2)cc1)c1nc2c(C(=O)O)cccc2[nH]1. The standard InChI is InChI=1S/C27H24N4O5/c1-3-27(35-4-2,25-28-21-11-7-10-20(24(32)33)22(21)29-25)17-14-12-16(13-15-17)18-8-5-6-9-19(18)23-30-26(34)36-31-23/h5-15H,3-4H2,1-2H3,(H,28,29)(H,32,33)(H,30,31,34). The second kappa shape index (κ2) is 9.27. The van der Waals surface area contributed by atoms with Crippen LogP contribution in [-0.2, 0) is 10.3 Å². The van der Waals surface area contributed by atoms with Crippen LogP contribution in [0.15, 0.2) is 76.0 Å². The fourth-order valence-electron chi connectivity index (χ4n) is 4.61. The van der Waals surface area contributed by atoms with Crippen molar-refractivity contribution in [3.05, 3.63) is 94.2 Å². The van der Waals surface area contributed by atoms with Crippen molar-refractivity contribution in [3.8, 4) is 22.5 Å². The number of carbonyl (C=O) groups is 1. The number of fused-ring (bicyclic) bond motifs is 1. The molecule has 0 saturated heterocycles. The minimum Gasteiger partial charge on any atom is -0.478 e. The zero-order chi connectivity index (χ0) is 25.3. The summed E-state index contributed by atoms with van der Waals surface area (Å²) in [5.74, 6) is -0.817. The van der Waals surface area contributed by atoms with Crippen LogP contribution >= 0.6 is 0 Å². The number of hydrogen-bond acceptors (Lipinski definition) is 6. The highest BCUT2D eigenvalue weighted by Gasteiger charge is 2.37. The van der Waals surface area contributed by atoms with Crippen molar-refractivity contribution >= 4 is 17.0 Å². The number of rotatable bonds is 8. The van der Waals surface area contributed by atoms with Crippen molar-refractivity contribution in [1.82, 2.24) is 20.1 Å². The minimum atomic E-state index is -1.03. The molecular formula is C27H24N4O5. The van der Waals surface area contributed by atoms with Gasteiger partial charge in [0.25, 0.3) is 0 Å².